The maximum absolute atomic E-state index is 10.3. The van der Waals surface area contributed by atoms with Crippen molar-refractivity contribution >= 4 is 16.7 Å². The zero-order valence-electron chi connectivity index (χ0n) is 13.1. The normalized spacial score (nSPS) is 22.8. The zero-order valence-corrected chi connectivity index (χ0v) is 13.9. The minimum absolute atomic E-state index is 0.295. The number of phenolic OH excluding ortho intramolecular Hbond substituents is 1. The van der Waals surface area contributed by atoms with Crippen LogP contribution >= 0.6 is 11.8 Å². The van der Waals surface area contributed by atoms with E-state index in [4.69, 9.17) is 14.2 Å². The summed E-state index contributed by atoms with van der Waals surface area (Å²) in [6.07, 6.45) is 1.17. The molecule has 1 aromatic carbocycles. The van der Waals surface area contributed by atoms with Gasteiger partial charge in [-0.25, -0.2) is 0 Å². The monoisotopic (exact) mass is 322 g/mol. The molecule has 1 heterocycles. The van der Waals surface area contributed by atoms with Crippen LogP contribution in [0, 0.1) is 5.41 Å². The Balaban J connectivity index is 1.55. The highest BCUT2D eigenvalue weighted by Gasteiger charge is 2.51. The molecule has 1 aliphatic carbocycles. The van der Waals surface area contributed by atoms with Gasteiger partial charge in [0.15, 0.2) is 0 Å². The molecular formula is C17H22O4S. The third kappa shape index (κ3) is 3.26. The van der Waals surface area contributed by atoms with E-state index in [0.29, 0.717) is 43.3 Å². The van der Waals surface area contributed by atoms with E-state index in [9.17, 15) is 5.11 Å². The number of fused-ring (bicyclic) bond motifs is 1. The first-order valence-corrected chi connectivity index (χ1v) is 8.52. The van der Waals surface area contributed by atoms with Crippen LogP contribution in [0.15, 0.2) is 23.8 Å². The summed E-state index contributed by atoms with van der Waals surface area (Å²) in [5.74, 6) is 2.10. The predicted octanol–water partition coefficient (Wildman–Crippen LogP) is 3.30. The number of benzene rings is 1. The number of hydrogen-bond donors (Lipinski definition) is 1. The molecule has 0 radical (unpaired) electrons. The van der Waals surface area contributed by atoms with E-state index in [1.807, 2.05) is 23.9 Å². The van der Waals surface area contributed by atoms with Gasteiger partial charge in [0.25, 0.3) is 0 Å². The Bertz CT molecular complexity index is 584. The summed E-state index contributed by atoms with van der Waals surface area (Å²) in [7, 11) is 1.65. The van der Waals surface area contributed by atoms with Gasteiger partial charge in [0.1, 0.15) is 18.1 Å². The standard InChI is InChI=1S/C17H22O4S/c1-17-10-14(17)16(22-11-17)13-4-3-12(9-15(13)18)21-8-7-20-6-5-19-2/h3-4,9,18H,5-8,10-11H2,1-2H3. The lowest BCUT2D eigenvalue weighted by molar-refractivity contribution is 0.0544. The number of ether oxygens (including phenoxy) is 3. The van der Waals surface area contributed by atoms with Crippen LogP contribution < -0.4 is 4.74 Å². The highest BCUT2D eigenvalue weighted by atomic mass is 32.2. The SMILES string of the molecule is COCCOCCOc1ccc(C2=C3CC3(C)CS2)c(O)c1. The third-order valence-corrected chi connectivity index (χ3v) is 5.66. The molecule has 120 valence electrons. The second-order valence-electron chi connectivity index (χ2n) is 5.97. The largest absolute Gasteiger partial charge is 0.507 e. The average Bonchev–Trinajstić information content (AvgIpc) is 3.06. The summed E-state index contributed by atoms with van der Waals surface area (Å²) in [5.41, 5.74) is 2.82. The summed E-state index contributed by atoms with van der Waals surface area (Å²) in [6, 6.07) is 5.56. The molecule has 0 spiro atoms. The van der Waals surface area contributed by atoms with E-state index in [-0.39, 0.29) is 0 Å². The van der Waals surface area contributed by atoms with Gasteiger partial charge >= 0.3 is 0 Å². The first kappa shape index (κ1) is 15.7. The van der Waals surface area contributed by atoms with E-state index in [2.05, 4.69) is 6.92 Å². The molecule has 1 N–H and O–H groups in total. The Morgan fingerprint density at radius 1 is 1.23 bits per heavy atom. The van der Waals surface area contributed by atoms with Crippen molar-refractivity contribution in [3.63, 3.8) is 0 Å². The van der Waals surface area contributed by atoms with Gasteiger partial charge in [-0.1, -0.05) is 6.92 Å². The summed E-state index contributed by atoms with van der Waals surface area (Å²) >= 11 is 1.85. The summed E-state index contributed by atoms with van der Waals surface area (Å²) in [4.78, 5) is 1.26. The van der Waals surface area contributed by atoms with Crippen LogP contribution in [-0.2, 0) is 9.47 Å². The minimum Gasteiger partial charge on any atom is -0.507 e. The van der Waals surface area contributed by atoms with Crippen molar-refractivity contribution < 1.29 is 19.3 Å². The number of rotatable bonds is 8. The Labute approximate surface area is 135 Å². The summed E-state index contributed by atoms with van der Waals surface area (Å²) in [5, 5.41) is 10.3. The third-order valence-electron chi connectivity index (χ3n) is 4.12. The van der Waals surface area contributed by atoms with Crippen LogP contribution in [0.25, 0.3) is 4.91 Å². The predicted molar refractivity (Wildman–Crippen MR) is 88.4 cm³/mol. The number of aromatic hydroxyl groups is 1. The van der Waals surface area contributed by atoms with Crippen molar-refractivity contribution in [2.24, 2.45) is 5.41 Å². The van der Waals surface area contributed by atoms with Crippen LogP contribution in [0.2, 0.25) is 0 Å². The molecule has 4 nitrogen and oxygen atoms in total. The second kappa shape index (κ2) is 6.52. The molecule has 0 aromatic heterocycles. The fourth-order valence-corrected chi connectivity index (χ4v) is 4.21. The van der Waals surface area contributed by atoms with Gasteiger partial charge in [-0.3, -0.25) is 0 Å². The molecule has 1 unspecified atom stereocenters. The van der Waals surface area contributed by atoms with Gasteiger partial charge in [0.05, 0.1) is 19.8 Å². The van der Waals surface area contributed by atoms with E-state index < -0.39 is 0 Å². The van der Waals surface area contributed by atoms with Crippen molar-refractivity contribution in [3.05, 3.63) is 29.3 Å². The molecule has 1 aliphatic heterocycles. The molecule has 0 amide bonds. The Morgan fingerprint density at radius 3 is 2.68 bits per heavy atom. The molecule has 1 saturated carbocycles. The maximum Gasteiger partial charge on any atom is 0.127 e. The van der Waals surface area contributed by atoms with Gasteiger partial charge in [-0.15, -0.1) is 11.8 Å². The average molecular weight is 322 g/mol. The highest BCUT2D eigenvalue weighted by Crippen LogP contribution is 2.65. The number of hydrogen-bond acceptors (Lipinski definition) is 5. The van der Waals surface area contributed by atoms with Crippen LogP contribution in [0.4, 0.5) is 0 Å². The van der Waals surface area contributed by atoms with Crippen LogP contribution in [0.3, 0.4) is 0 Å². The van der Waals surface area contributed by atoms with Gasteiger partial charge < -0.3 is 19.3 Å². The quantitative estimate of drug-likeness (QED) is 0.744. The Morgan fingerprint density at radius 2 is 2.05 bits per heavy atom. The lowest BCUT2D eigenvalue weighted by Crippen LogP contribution is -2.09. The maximum atomic E-state index is 10.3. The molecule has 2 aliphatic rings. The number of phenols is 1. The molecule has 1 aromatic rings. The van der Waals surface area contributed by atoms with E-state index >= 15 is 0 Å². The lowest BCUT2D eigenvalue weighted by Gasteiger charge is -2.10. The van der Waals surface area contributed by atoms with Crippen molar-refractivity contribution in [3.8, 4) is 11.5 Å². The fourth-order valence-electron chi connectivity index (χ4n) is 2.65. The van der Waals surface area contributed by atoms with Gasteiger partial charge in [0, 0.05) is 34.8 Å². The van der Waals surface area contributed by atoms with Gasteiger partial charge in [0.2, 0.25) is 0 Å². The lowest BCUT2D eigenvalue weighted by atomic mass is 10.1. The number of methoxy groups -OCH3 is 1. The Hall–Kier alpha value is -1.17. The van der Waals surface area contributed by atoms with Crippen LogP contribution in [-0.4, -0.2) is 44.4 Å². The van der Waals surface area contributed by atoms with E-state index in [0.717, 1.165) is 11.3 Å². The van der Waals surface area contributed by atoms with Crippen LogP contribution in [0.5, 0.6) is 11.5 Å². The van der Waals surface area contributed by atoms with Gasteiger partial charge in [-0.05, 0) is 24.1 Å². The number of allylic oxidation sites excluding steroid dienone is 1. The van der Waals surface area contributed by atoms with Crippen molar-refractivity contribution in [2.45, 2.75) is 13.3 Å². The first-order valence-electron chi connectivity index (χ1n) is 7.53. The summed E-state index contributed by atoms with van der Waals surface area (Å²) < 4.78 is 15.8. The Kier molecular flexibility index (Phi) is 4.66. The molecule has 1 fully saturated rings. The first-order chi connectivity index (χ1) is 10.6. The van der Waals surface area contributed by atoms with Crippen molar-refractivity contribution in [1.29, 1.82) is 0 Å². The molecule has 0 bridgehead atoms. The summed E-state index contributed by atoms with van der Waals surface area (Å²) in [6.45, 7) is 4.42. The molecular weight excluding hydrogens is 300 g/mol. The molecule has 22 heavy (non-hydrogen) atoms. The molecule has 1 atom stereocenters. The molecule has 5 heteroatoms. The topological polar surface area (TPSA) is 47.9 Å². The van der Waals surface area contributed by atoms with E-state index in [1.165, 1.54) is 16.9 Å². The van der Waals surface area contributed by atoms with Crippen LogP contribution in [0.1, 0.15) is 18.9 Å². The van der Waals surface area contributed by atoms with E-state index in [1.54, 1.807) is 13.2 Å². The second-order valence-corrected chi connectivity index (χ2v) is 6.95. The van der Waals surface area contributed by atoms with Crippen molar-refractivity contribution in [2.75, 3.05) is 39.3 Å². The molecule has 0 saturated heterocycles. The fraction of sp³-hybridized carbons (Fsp3) is 0.529. The number of thioether (sulfide) groups is 1. The van der Waals surface area contributed by atoms with Crippen molar-refractivity contribution in [1.82, 2.24) is 0 Å². The highest BCUT2D eigenvalue weighted by molar-refractivity contribution is 8.08. The minimum atomic E-state index is 0.295. The smallest absolute Gasteiger partial charge is 0.127 e. The van der Waals surface area contributed by atoms with Gasteiger partial charge in [-0.2, -0.15) is 0 Å². The zero-order chi connectivity index (χ0) is 15.6. The molecule has 3 rings (SSSR count).